The summed E-state index contributed by atoms with van der Waals surface area (Å²) in [6.07, 6.45) is 2.62. The molecular weight excluding hydrogens is 354 g/mol. The number of nitrogens with zero attached hydrogens (tertiary/aromatic N) is 2. The summed E-state index contributed by atoms with van der Waals surface area (Å²) in [7, 11) is 1.31. The number of esters is 1. The van der Waals surface area contributed by atoms with Gasteiger partial charge in [-0.15, -0.1) is 0 Å². The normalized spacial score (nSPS) is 16.5. The first-order valence-electron chi connectivity index (χ1n) is 8.58. The van der Waals surface area contributed by atoms with Crippen molar-refractivity contribution in [3.8, 4) is 11.8 Å². The number of amides is 1. The Morgan fingerprint density at radius 1 is 1.33 bits per heavy atom. The fraction of sp³-hybridized carbons (Fsp3) is 0.500. The van der Waals surface area contributed by atoms with Crippen LogP contribution in [0.1, 0.15) is 49.4 Å². The second-order valence-corrected chi connectivity index (χ2v) is 6.43. The zero-order valence-corrected chi connectivity index (χ0v) is 15.2. The Hall–Kier alpha value is -3.15. The zero-order valence-electron chi connectivity index (χ0n) is 15.2. The van der Waals surface area contributed by atoms with Crippen molar-refractivity contribution in [2.24, 2.45) is 0 Å². The third-order valence-corrected chi connectivity index (χ3v) is 4.55. The highest BCUT2D eigenvalue weighted by Gasteiger charge is 2.35. The third-order valence-electron chi connectivity index (χ3n) is 4.55. The van der Waals surface area contributed by atoms with Gasteiger partial charge in [0.15, 0.2) is 6.10 Å². The molecule has 0 bridgehead atoms. The molecule has 1 amide bonds. The number of hydrogen-bond acceptors (Lipinski definition) is 7. The summed E-state index contributed by atoms with van der Waals surface area (Å²) >= 11 is 0. The van der Waals surface area contributed by atoms with Crippen LogP contribution in [0.2, 0.25) is 0 Å². The number of ether oxygens (including phenoxy) is 2. The molecule has 1 aliphatic carbocycles. The van der Waals surface area contributed by atoms with E-state index in [0.29, 0.717) is 12.8 Å². The van der Waals surface area contributed by atoms with Crippen molar-refractivity contribution in [3.63, 3.8) is 0 Å². The summed E-state index contributed by atoms with van der Waals surface area (Å²) in [6, 6.07) is 5.67. The average Bonchev–Trinajstić information content (AvgIpc) is 2.67. The van der Waals surface area contributed by atoms with Gasteiger partial charge in [0, 0.05) is 12.1 Å². The van der Waals surface area contributed by atoms with Gasteiger partial charge in [0.25, 0.3) is 11.6 Å². The van der Waals surface area contributed by atoms with E-state index in [9.17, 15) is 25.0 Å². The Bertz CT molecular complexity index is 780. The standard InChI is InChI=1S/C18H21N3O6/c1-12(16(22)20-18(11-19)8-4-3-5-9-18)27-17(23)14-10-13(21(24)25)6-7-15(14)26-2/h6-7,10,12H,3-5,8-9H2,1-2H3,(H,20,22). The van der Waals surface area contributed by atoms with E-state index in [1.165, 1.54) is 26.2 Å². The van der Waals surface area contributed by atoms with Gasteiger partial charge in [-0.1, -0.05) is 19.3 Å². The fourth-order valence-electron chi connectivity index (χ4n) is 3.00. The van der Waals surface area contributed by atoms with Crippen molar-refractivity contribution in [1.82, 2.24) is 5.32 Å². The van der Waals surface area contributed by atoms with E-state index in [1.807, 2.05) is 0 Å². The molecule has 9 nitrogen and oxygen atoms in total. The molecule has 0 aromatic heterocycles. The van der Waals surface area contributed by atoms with E-state index >= 15 is 0 Å². The first kappa shape index (κ1) is 20.2. The number of non-ortho nitro benzene ring substituents is 1. The van der Waals surface area contributed by atoms with Crippen molar-refractivity contribution < 1.29 is 24.0 Å². The summed E-state index contributed by atoms with van der Waals surface area (Å²) in [6.45, 7) is 1.38. The maximum Gasteiger partial charge on any atom is 0.342 e. The Morgan fingerprint density at radius 3 is 2.56 bits per heavy atom. The van der Waals surface area contributed by atoms with Gasteiger partial charge in [0.2, 0.25) is 0 Å². The molecule has 1 fully saturated rings. The number of nitro groups is 1. The summed E-state index contributed by atoms with van der Waals surface area (Å²) in [5.41, 5.74) is -1.40. The minimum Gasteiger partial charge on any atom is -0.496 e. The van der Waals surface area contributed by atoms with Gasteiger partial charge in [0.05, 0.1) is 18.1 Å². The number of carbonyl (C=O) groups excluding carboxylic acids is 2. The maximum atomic E-state index is 12.4. The largest absolute Gasteiger partial charge is 0.496 e. The van der Waals surface area contributed by atoms with Crippen LogP contribution in [0.5, 0.6) is 5.75 Å². The Balaban J connectivity index is 2.10. The van der Waals surface area contributed by atoms with E-state index < -0.39 is 28.4 Å². The molecule has 1 N–H and O–H groups in total. The number of carbonyl (C=O) groups is 2. The summed E-state index contributed by atoms with van der Waals surface area (Å²) < 4.78 is 10.2. The van der Waals surface area contributed by atoms with Crippen LogP contribution < -0.4 is 10.1 Å². The second kappa shape index (κ2) is 8.49. The molecule has 0 spiro atoms. The summed E-state index contributed by atoms with van der Waals surface area (Å²) in [5, 5.41) is 23.0. The number of nitro benzene ring substituents is 1. The Morgan fingerprint density at radius 2 is 2.00 bits per heavy atom. The zero-order chi connectivity index (χ0) is 20.0. The predicted molar refractivity (Wildman–Crippen MR) is 94.1 cm³/mol. The van der Waals surface area contributed by atoms with E-state index in [2.05, 4.69) is 11.4 Å². The van der Waals surface area contributed by atoms with Crippen LogP contribution in [0.3, 0.4) is 0 Å². The molecule has 0 saturated heterocycles. The van der Waals surface area contributed by atoms with E-state index in [1.54, 1.807) is 0 Å². The first-order chi connectivity index (χ1) is 12.8. The molecular formula is C18H21N3O6. The number of hydrogen-bond donors (Lipinski definition) is 1. The predicted octanol–water partition coefficient (Wildman–Crippen LogP) is 2.49. The van der Waals surface area contributed by atoms with Crippen molar-refractivity contribution in [3.05, 3.63) is 33.9 Å². The molecule has 1 aromatic carbocycles. The third kappa shape index (κ3) is 4.73. The summed E-state index contributed by atoms with van der Waals surface area (Å²) in [5.74, 6) is -1.41. The average molecular weight is 375 g/mol. The van der Waals surface area contributed by atoms with Crippen molar-refractivity contribution in [1.29, 1.82) is 5.26 Å². The van der Waals surface area contributed by atoms with Crippen LogP contribution in [-0.2, 0) is 9.53 Å². The monoisotopic (exact) mass is 375 g/mol. The topological polar surface area (TPSA) is 132 Å². The van der Waals surface area contributed by atoms with Crippen LogP contribution in [0.25, 0.3) is 0 Å². The van der Waals surface area contributed by atoms with Crippen LogP contribution >= 0.6 is 0 Å². The molecule has 0 aliphatic heterocycles. The van der Waals surface area contributed by atoms with E-state index in [4.69, 9.17) is 9.47 Å². The number of nitriles is 1. The molecule has 1 aliphatic rings. The number of nitrogens with one attached hydrogen (secondary N) is 1. The highest BCUT2D eigenvalue weighted by atomic mass is 16.6. The van der Waals surface area contributed by atoms with Gasteiger partial charge in [-0.05, 0) is 25.8 Å². The van der Waals surface area contributed by atoms with E-state index in [-0.39, 0.29) is 17.0 Å². The molecule has 1 aromatic rings. The molecule has 1 saturated carbocycles. The van der Waals surface area contributed by atoms with Crippen LogP contribution in [-0.4, -0.2) is 35.6 Å². The molecule has 1 unspecified atom stereocenters. The summed E-state index contributed by atoms with van der Waals surface area (Å²) in [4.78, 5) is 35.0. The second-order valence-electron chi connectivity index (χ2n) is 6.43. The lowest BCUT2D eigenvalue weighted by atomic mass is 9.83. The highest BCUT2D eigenvalue weighted by molar-refractivity contribution is 5.95. The lowest BCUT2D eigenvalue weighted by molar-refractivity contribution is -0.384. The Labute approximate surface area is 156 Å². The molecule has 9 heteroatoms. The number of benzene rings is 1. The smallest absolute Gasteiger partial charge is 0.342 e. The molecule has 0 radical (unpaired) electrons. The van der Waals surface area contributed by atoms with Crippen LogP contribution in [0, 0.1) is 21.4 Å². The molecule has 0 heterocycles. The van der Waals surface area contributed by atoms with Gasteiger partial charge in [-0.2, -0.15) is 5.26 Å². The highest BCUT2D eigenvalue weighted by Crippen LogP contribution is 2.28. The number of rotatable bonds is 6. The van der Waals surface area contributed by atoms with Crippen molar-refractivity contribution in [2.45, 2.75) is 50.7 Å². The molecule has 144 valence electrons. The Kier molecular flexibility index (Phi) is 6.34. The van der Waals surface area contributed by atoms with Gasteiger partial charge in [-0.25, -0.2) is 4.79 Å². The van der Waals surface area contributed by atoms with E-state index in [0.717, 1.165) is 25.3 Å². The van der Waals surface area contributed by atoms with Crippen molar-refractivity contribution in [2.75, 3.05) is 7.11 Å². The lowest BCUT2D eigenvalue weighted by Crippen LogP contribution is -2.52. The van der Waals surface area contributed by atoms with Gasteiger partial charge >= 0.3 is 5.97 Å². The van der Waals surface area contributed by atoms with Gasteiger partial charge in [0.1, 0.15) is 16.9 Å². The minimum absolute atomic E-state index is 0.0963. The van der Waals surface area contributed by atoms with Crippen LogP contribution in [0.4, 0.5) is 5.69 Å². The first-order valence-corrected chi connectivity index (χ1v) is 8.58. The molecule has 27 heavy (non-hydrogen) atoms. The quantitative estimate of drug-likeness (QED) is 0.459. The van der Waals surface area contributed by atoms with Gasteiger partial charge in [-0.3, -0.25) is 14.9 Å². The number of methoxy groups -OCH3 is 1. The SMILES string of the molecule is COc1ccc([N+](=O)[O-])cc1C(=O)OC(C)C(=O)NC1(C#N)CCCCC1. The maximum absolute atomic E-state index is 12.4. The lowest BCUT2D eigenvalue weighted by Gasteiger charge is -2.32. The fourth-order valence-corrected chi connectivity index (χ4v) is 3.00. The van der Waals surface area contributed by atoms with Crippen LogP contribution in [0.15, 0.2) is 18.2 Å². The van der Waals surface area contributed by atoms with Gasteiger partial charge < -0.3 is 14.8 Å². The minimum atomic E-state index is -1.17. The van der Waals surface area contributed by atoms with Crippen molar-refractivity contribution >= 4 is 17.6 Å². The molecule has 1 atom stereocenters. The molecule has 2 rings (SSSR count).